The van der Waals surface area contributed by atoms with Crippen molar-refractivity contribution in [3.8, 4) is 11.1 Å². The fraction of sp³-hybridized carbons (Fsp3) is 0.360. The average Bonchev–Trinajstić information content (AvgIpc) is 2.76. The average molecular weight is 456 g/mol. The number of esters is 3. The van der Waals surface area contributed by atoms with E-state index in [2.05, 4.69) is 5.32 Å². The Morgan fingerprint density at radius 3 is 1.73 bits per heavy atom. The van der Waals surface area contributed by atoms with Gasteiger partial charge in [0.1, 0.15) is 24.9 Å². The number of hydrogen-bond acceptors (Lipinski definition) is 7. The zero-order chi connectivity index (χ0) is 24.4. The van der Waals surface area contributed by atoms with E-state index in [1.807, 2.05) is 54.6 Å². The highest BCUT2D eigenvalue weighted by Gasteiger charge is 2.38. The SMILES string of the molecule is CC(=O)NC(COC(C)=O)(COC(C)=O)CC(OC(C)=O)c1ccc(-c2ccccc2)cc1. The van der Waals surface area contributed by atoms with Gasteiger partial charge in [0.25, 0.3) is 0 Å². The molecule has 1 N–H and O–H groups in total. The first-order valence-electron chi connectivity index (χ1n) is 10.5. The molecule has 2 rings (SSSR count). The molecule has 0 aliphatic heterocycles. The van der Waals surface area contributed by atoms with Crippen LogP contribution in [0.4, 0.5) is 0 Å². The first kappa shape index (κ1) is 25.6. The zero-order valence-electron chi connectivity index (χ0n) is 19.3. The van der Waals surface area contributed by atoms with E-state index in [0.717, 1.165) is 11.1 Å². The monoisotopic (exact) mass is 455 g/mol. The summed E-state index contributed by atoms with van der Waals surface area (Å²) in [7, 11) is 0. The molecule has 8 heteroatoms. The lowest BCUT2D eigenvalue weighted by molar-refractivity contribution is -0.156. The third-order valence-electron chi connectivity index (χ3n) is 4.82. The highest BCUT2D eigenvalue weighted by Crippen LogP contribution is 2.31. The molecule has 8 nitrogen and oxygen atoms in total. The van der Waals surface area contributed by atoms with E-state index in [1.165, 1.54) is 27.7 Å². The van der Waals surface area contributed by atoms with Crippen molar-refractivity contribution in [1.82, 2.24) is 5.32 Å². The van der Waals surface area contributed by atoms with Gasteiger partial charge in [-0.15, -0.1) is 0 Å². The molecule has 0 radical (unpaired) electrons. The molecular formula is C25H29NO7. The molecule has 1 atom stereocenters. The van der Waals surface area contributed by atoms with Crippen LogP contribution in [0.3, 0.4) is 0 Å². The van der Waals surface area contributed by atoms with E-state index < -0.39 is 35.5 Å². The minimum absolute atomic E-state index is 0.0113. The van der Waals surface area contributed by atoms with Gasteiger partial charge in [-0.1, -0.05) is 54.6 Å². The van der Waals surface area contributed by atoms with Gasteiger partial charge in [0.15, 0.2) is 0 Å². The largest absolute Gasteiger partial charge is 0.463 e. The third kappa shape index (κ3) is 8.40. The van der Waals surface area contributed by atoms with Gasteiger partial charge in [-0.3, -0.25) is 19.2 Å². The van der Waals surface area contributed by atoms with Crippen LogP contribution in [0.5, 0.6) is 0 Å². The Morgan fingerprint density at radius 2 is 1.27 bits per heavy atom. The number of carbonyl (C=O) groups is 4. The number of ether oxygens (including phenoxy) is 3. The maximum atomic E-state index is 12.0. The molecule has 0 aliphatic carbocycles. The van der Waals surface area contributed by atoms with Crippen LogP contribution in [-0.2, 0) is 33.4 Å². The second kappa shape index (κ2) is 11.8. The predicted molar refractivity (Wildman–Crippen MR) is 121 cm³/mol. The maximum absolute atomic E-state index is 12.0. The summed E-state index contributed by atoms with van der Waals surface area (Å²) in [4.78, 5) is 46.9. The van der Waals surface area contributed by atoms with Crippen molar-refractivity contribution in [1.29, 1.82) is 0 Å². The van der Waals surface area contributed by atoms with Crippen molar-refractivity contribution in [2.45, 2.75) is 45.8 Å². The van der Waals surface area contributed by atoms with Crippen LogP contribution in [0.2, 0.25) is 0 Å². The highest BCUT2D eigenvalue weighted by atomic mass is 16.6. The molecule has 2 aromatic rings. The molecule has 0 saturated carbocycles. The van der Waals surface area contributed by atoms with Gasteiger partial charge >= 0.3 is 17.9 Å². The molecule has 0 bridgehead atoms. The van der Waals surface area contributed by atoms with E-state index in [-0.39, 0.29) is 19.6 Å². The topological polar surface area (TPSA) is 108 Å². The molecule has 1 amide bonds. The van der Waals surface area contributed by atoms with Gasteiger partial charge in [-0.25, -0.2) is 0 Å². The van der Waals surface area contributed by atoms with Crippen molar-refractivity contribution >= 4 is 23.8 Å². The van der Waals surface area contributed by atoms with Crippen LogP contribution < -0.4 is 5.32 Å². The Balaban J connectivity index is 2.40. The lowest BCUT2D eigenvalue weighted by atomic mass is 9.89. The fourth-order valence-electron chi connectivity index (χ4n) is 3.44. The summed E-state index contributed by atoms with van der Waals surface area (Å²) in [5.74, 6) is -2.08. The smallest absolute Gasteiger partial charge is 0.303 e. The summed E-state index contributed by atoms with van der Waals surface area (Å²) in [6.45, 7) is 4.51. The van der Waals surface area contributed by atoms with Crippen molar-refractivity contribution in [2.75, 3.05) is 13.2 Å². The van der Waals surface area contributed by atoms with Crippen molar-refractivity contribution in [3.05, 3.63) is 60.2 Å². The predicted octanol–water partition coefficient (Wildman–Crippen LogP) is 3.35. The van der Waals surface area contributed by atoms with E-state index in [0.29, 0.717) is 5.56 Å². The number of hydrogen-bond donors (Lipinski definition) is 1. The lowest BCUT2D eigenvalue weighted by Gasteiger charge is -2.36. The van der Waals surface area contributed by atoms with Gasteiger partial charge in [-0.2, -0.15) is 0 Å². The summed E-state index contributed by atoms with van der Waals surface area (Å²) in [5, 5.41) is 2.73. The number of benzene rings is 2. The molecular weight excluding hydrogens is 426 g/mol. The van der Waals surface area contributed by atoms with Crippen LogP contribution >= 0.6 is 0 Å². The van der Waals surface area contributed by atoms with Crippen LogP contribution in [0.15, 0.2) is 54.6 Å². The number of nitrogens with one attached hydrogen (secondary N) is 1. The Labute approximate surface area is 193 Å². The van der Waals surface area contributed by atoms with Crippen LogP contribution in [-0.4, -0.2) is 42.6 Å². The third-order valence-corrected chi connectivity index (χ3v) is 4.82. The second-order valence-corrected chi connectivity index (χ2v) is 7.81. The summed E-state index contributed by atoms with van der Waals surface area (Å²) in [6.07, 6.45) is -0.789. The van der Waals surface area contributed by atoms with Crippen molar-refractivity contribution in [2.24, 2.45) is 0 Å². The molecule has 1 unspecified atom stereocenters. The summed E-state index contributed by atoms with van der Waals surface area (Å²) >= 11 is 0. The maximum Gasteiger partial charge on any atom is 0.303 e. The number of carbonyl (C=O) groups excluding carboxylic acids is 4. The fourth-order valence-corrected chi connectivity index (χ4v) is 3.44. The first-order valence-corrected chi connectivity index (χ1v) is 10.5. The Kier molecular flexibility index (Phi) is 9.15. The molecule has 0 heterocycles. The van der Waals surface area contributed by atoms with E-state index >= 15 is 0 Å². The second-order valence-electron chi connectivity index (χ2n) is 7.81. The zero-order valence-corrected chi connectivity index (χ0v) is 19.3. The van der Waals surface area contributed by atoms with Crippen molar-refractivity contribution in [3.63, 3.8) is 0 Å². The molecule has 0 fully saturated rings. The number of rotatable bonds is 10. The minimum Gasteiger partial charge on any atom is -0.463 e. The van der Waals surface area contributed by atoms with Crippen LogP contribution in [0.25, 0.3) is 11.1 Å². The summed E-state index contributed by atoms with van der Waals surface area (Å²) in [6, 6.07) is 17.2. The first-order chi connectivity index (χ1) is 15.6. The van der Waals surface area contributed by atoms with E-state index in [1.54, 1.807) is 0 Å². The summed E-state index contributed by atoms with van der Waals surface area (Å²) < 4.78 is 15.9. The Morgan fingerprint density at radius 1 is 0.758 bits per heavy atom. The van der Waals surface area contributed by atoms with Crippen molar-refractivity contribution < 1.29 is 33.4 Å². The van der Waals surface area contributed by atoms with Gasteiger partial charge < -0.3 is 19.5 Å². The minimum atomic E-state index is -1.30. The molecule has 0 aromatic heterocycles. The lowest BCUT2D eigenvalue weighted by Crippen LogP contribution is -2.56. The normalized spacial score (nSPS) is 11.8. The van der Waals surface area contributed by atoms with Gasteiger partial charge in [0.2, 0.25) is 5.91 Å². The van der Waals surface area contributed by atoms with Crippen LogP contribution in [0, 0.1) is 0 Å². The molecule has 2 aromatic carbocycles. The molecule has 0 saturated heterocycles. The number of amides is 1. The quantitative estimate of drug-likeness (QED) is 0.432. The summed E-state index contributed by atoms with van der Waals surface area (Å²) in [5.41, 5.74) is 1.38. The van der Waals surface area contributed by atoms with E-state index in [9.17, 15) is 19.2 Å². The van der Waals surface area contributed by atoms with E-state index in [4.69, 9.17) is 14.2 Å². The standard InChI is InChI=1S/C25H29NO7/c1-17(27)26-25(15-31-18(2)28,16-32-19(3)29)14-24(33-20(4)30)23-12-10-22(11-13-23)21-8-6-5-7-9-21/h5-13,24H,14-16H2,1-4H3,(H,26,27). The molecule has 33 heavy (non-hydrogen) atoms. The van der Waals surface area contributed by atoms with Crippen LogP contribution in [0.1, 0.15) is 45.8 Å². The van der Waals surface area contributed by atoms with Gasteiger partial charge in [0.05, 0.1) is 0 Å². The Bertz CT molecular complexity index is 952. The molecule has 176 valence electrons. The molecule has 0 aliphatic rings. The van der Waals surface area contributed by atoms with Gasteiger partial charge in [0, 0.05) is 34.1 Å². The molecule has 0 spiro atoms. The van der Waals surface area contributed by atoms with Gasteiger partial charge in [-0.05, 0) is 16.7 Å². The Hall–Kier alpha value is -3.68. The highest BCUT2D eigenvalue weighted by molar-refractivity contribution is 5.74.